The molecule has 2 atom stereocenters. The molecule has 2 unspecified atom stereocenters. The lowest BCUT2D eigenvalue weighted by molar-refractivity contribution is -0.212. The van der Waals surface area contributed by atoms with Gasteiger partial charge in [0, 0.05) is 13.1 Å². The molecule has 0 saturated carbocycles. The molecule has 2 N–H and O–H groups in total. The molecule has 0 spiro atoms. The van der Waals surface area contributed by atoms with E-state index in [1.165, 1.54) is 31.9 Å². The zero-order chi connectivity index (χ0) is 26.7. The summed E-state index contributed by atoms with van der Waals surface area (Å²) < 4.78 is 40.1. The standard InChI is InChI=1S/C26H28F3N3O4/c1-17(33)32-15-21(19-12-8-5-9-13-19)31(24(36)25(32,2)3)16-22(34)30-20(23(35)26(27,28)29)14-18-10-6-4-7-11-18/h4-13,15,20,23,35H,14,16H2,1-3H3,(H,30,34). The van der Waals surface area contributed by atoms with Gasteiger partial charge in [0.15, 0.2) is 6.10 Å². The number of alkyl halides is 3. The van der Waals surface area contributed by atoms with Gasteiger partial charge in [0.2, 0.25) is 11.8 Å². The van der Waals surface area contributed by atoms with Crippen LogP contribution in [0.15, 0.2) is 66.9 Å². The first-order chi connectivity index (χ1) is 16.8. The van der Waals surface area contributed by atoms with Crippen molar-refractivity contribution in [2.24, 2.45) is 0 Å². The molecule has 36 heavy (non-hydrogen) atoms. The Morgan fingerprint density at radius 1 is 1.03 bits per heavy atom. The lowest BCUT2D eigenvalue weighted by atomic mass is 9.95. The van der Waals surface area contributed by atoms with Crippen LogP contribution in [0.5, 0.6) is 0 Å². The summed E-state index contributed by atoms with van der Waals surface area (Å²) in [6.07, 6.45) is -6.59. The number of nitrogens with one attached hydrogen (secondary N) is 1. The smallest absolute Gasteiger partial charge is 0.382 e. The fraction of sp³-hybridized carbons (Fsp3) is 0.346. The van der Waals surface area contributed by atoms with E-state index in [2.05, 4.69) is 5.32 Å². The normalized spacial score (nSPS) is 17.3. The number of hydrogen-bond acceptors (Lipinski definition) is 4. The molecule has 1 aliphatic heterocycles. The highest BCUT2D eigenvalue weighted by Gasteiger charge is 2.46. The summed E-state index contributed by atoms with van der Waals surface area (Å²) in [5.41, 5.74) is -0.0552. The fourth-order valence-corrected chi connectivity index (χ4v) is 4.11. The third kappa shape index (κ3) is 5.93. The van der Waals surface area contributed by atoms with E-state index in [4.69, 9.17) is 0 Å². The van der Waals surface area contributed by atoms with Gasteiger partial charge in [0.1, 0.15) is 12.1 Å². The summed E-state index contributed by atoms with van der Waals surface area (Å²) in [7, 11) is 0. The molecular formula is C26H28F3N3O4. The predicted octanol–water partition coefficient (Wildman–Crippen LogP) is 3.11. The maximum atomic E-state index is 13.4. The van der Waals surface area contributed by atoms with Crippen molar-refractivity contribution in [1.82, 2.24) is 15.1 Å². The molecule has 1 aliphatic rings. The molecule has 10 heteroatoms. The van der Waals surface area contributed by atoms with E-state index in [0.717, 1.165) is 4.90 Å². The first-order valence-corrected chi connectivity index (χ1v) is 11.3. The van der Waals surface area contributed by atoms with Gasteiger partial charge in [0.05, 0.1) is 11.7 Å². The van der Waals surface area contributed by atoms with Gasteiger partial charge in [0.25, 0.3) is 5.91 Å². The van der Waals surface area contributed by atoms with Gasteiger partial charge in [-0.25, -0.2) is 0 Å². The van der Waals surface area contributed by atoms with Crippen molar-refractivity contribution in [2.75, 3.05) is 6.54 Å². The second-order valence-corrected chi connectivity index (χ2v) is 9.07. The van der Waals surface area contributed by atoms with Gasteiger partial charge < -0.3 is 15.3 Å². The third-order valence-electron chi connectivity index (χ3n) is 5.98. The number of amides is 3. The zero-order valence-electron chi connectivity index (χ0n) is 20.1. The molecule has 0 aliphatic carbocycles. The zero-order valence-corrected chi connectivity index (χ0v) is 20.1. The van der Waals surface area contributed by atoms with Gasteiger partial charge in [-0.1, -0.05) is 60.7 Å². The van der Waals surface area contributed by atoms with E-state index in [1.54, 1.807) is 60.7 Å². The molecule has 192 valence electrons. The van der Waals surface area contributed by atoms with Crippen molar-refractivity contribution >= 4 is 23.4 Å². The van der Waals surface area contributed by atoms with Gasteiger partial charge >= 0.3 is 6.18 Å². The molecule has 0 fully saturated rings. The van der Waals surface area contributed by atoms with Crippen LogP contribution < -0.4 is 5.32 Å². The molecule has 0 aromatic heterocycles. The van der Waals surface area contributed by atoms with E-state index in [-0.39, 0.29) is 18.0 Å². The quantitative estimate of drug-likeness (QED) is 0.608. The molecule has 0 radical (unpaired) electrons. The Morgan fingerprint density at radius 2 is 1.58 bits per heavy atom. The molecule has 3 amide bonds. The van der Waals surface area contributed by atoms with Crippen LogP contribution >= 0.6 is 0 Å². The van der Waals surface area contributed by atoms with Gasteiger partial charge in [-0.2, -0.15) is 13.2 Å². The van der Waals surface area contributed by atoms with Crippen molar-refractivity contribution < 1.29 is 32.7 Å². The largest absolute Gasteiger partial charge is 0.416 e. The summed E-state index contributed by atoms with van der Waals surface area (Å²) in [6, 6.07) is 15.0. The highest BCUT2D eigenvalue weighted by atomic mass is 19.4. The number of rotatable bonds is 7. The van der Waals surface area contributed by atoms with Crippen LogP contribution in [0.4, 0.5) is 13.2 Å². The van der Waals surface area contributed by atoms with Gasteiger partial charge in [-0.15, -0.1) is 0 Å². The Kier molecular flexibility index (Phi) is 7.88. The molecule has 3 rings (SSSR count). The Balaban J connectivity index is 1.91. The third-order valence-corrected chi connectivity index (χ3v) is 5.98. The second-order valence-electron chi connectivity index (χ2n) is 9.07. The number of aliphatic hydroxyl groups is 1. The van der Waals surface area contributed by atoms with Crippen LogP contribution in [0, 0.1) is 0 Å². The summed E-state index contributed by atoms with van der Waals surface area (Å²) in [5, 5.41) is 12.2. The average molecular weight is 504 g/mol. The number of benzene rings is 2. The van der Waals surface area contributed by atoms with Crippen LogP contribution in [0.1, 0.15) is 31.9 Å². The maximum absolute atomic E-state index is 13.4. The van der Waals surface area contributed by atoms with Crippen molar-refractivity contribution in [3.05, 3.63) is 78.0 Å². The Labute approximate surface area is 207 Å². The lowest BCUT2D eigenvalue weighted by Crippen LogP contribution is -2.60. The predicted molar refractivity (Wildman–Crippen MR) is 127 cm³/mol. The summed E-state index contributed by atoms with van der Waals surface area (Å²) in [4.78, 5) is 41.1. The molecule has 2 aromatic rings. The highest BCUT2D eigenvalue weighted by Crippen LogP contribution is 2.32. The minimum Gasteiger partial charge on any atom is -0.382 e. The van der Waals surface area contributed by atoms with Crippen molar-refractivity contribution in [3.8, 4) is 0 Å². The van der Waals surface area contributed by atoms with Crippen LogP contribution in [0.25, 0.3) is 5.70 Å². The number of nitrogens with zero attached hydrogens (tertiary/aromatic N) is 2. The number of hydrogen-bond donors (Lipinski definition) is 2. The maximum Gasteiger partial charge on any atom is 0.416 e. The molecule has 0 saturated heterocycles. The minimum atomic E-state index is -4.97. The minimum absolute atomic E-state index is 0.251. The van der Waals surface area contributed by atoms with Crippen molar-refractivity contribution in [3.63, 3.8) is 0 Å². The van der Waals surface area contributed by atoms with E-state index < -0.39 is 42.2 Å². The van der Waals surface area contributed by atoms with Crippen molar-refractivity contribution in [1.29, 1.82) is 0 Å². The molecule has 2 aromatic carbocycles. The van der Waals surface area contributed by atoms with Crippen LogP contribution in [0.3, 0.4) is 0 Å². The monoisotopic (exact) mass is 503 g/mol. The van der Waals surface area contributed by atoms with Crippen LogP contribution in [-0.2, 0) is 20.8 Å². The molecular weight excluding hydrogens is 475 g/mol. The van der Waals surface area contributed by atoms with Gasteiger partial charge in [-0.3, -0.25) is 19.3 Å². The number of halogens is 3. The average Bonchev–Trinajstić information content (AvgIpc) is 2.81. The molecule has 0 bridgehead atoms. The topological polar surface area (TPSA) is 90.0 Å². The van der Waals surface area contributed by atoms with Crippen LogP contribution in [-0.4, -0.2) is 63.0 Å². The van der Waals surface area contributed by atoms with E-state index in [9.17, 15) is 32.7 Å². The Morgan fingerprint density at radius 3 is 2.11 bits per heavy atom. The van der Waals surface area contributed by atoms with Gasteiger partial charge in [-0.05, 0) is 31.4 Å². The Hall–Kier alpha value is -3.66. The highest BCUT2D eigenvalue weighted by molar-refractivity contribution is 6.01. The number of carbonyl (C=O) groups is 3. The number of aliphatic hydroxyl groups excluding tert-OH is 1. The summed E-state index contributed by atoms with van der Waals surface area (Å²) in [5.74, 6) is -1.85. The first-order valence-electron chi connectivity index (χ1n) is 11.3. The Bertz CT molecular complexity index is 1130. The number of carbonyl (C=O) groups excluding carboxylic acids is 3. The van der Waals surface area contributed by atoms with E-state index in [1.807, 2.05) is 0 Å². The van der Waals surface area contributed by atoms with E-state index in [0.29, 0.717) is 11.1 Å². The summed E-state index contributed by atoms with van der Waals surface area (Å²) in [6.45, 7) is 3.74. The summed E-state index contributed by atoms with van der Waals surface area (Å²) >= 11 is 0. The lowest BCUT2D eigenvalue weighted by Gasteiger charge is -2.44. The van der Waals surface area contributed by atoms with E-state index >= 15 is 0 Å². The van der Waals surface area contributed by atoms with Crippen LogP contribution in [0.2, 0.25) is 0 Å². The second kappa shape index (κ2) is 10.5. The molecule has 1 heterocycles. The fourth-order valence-electron chi connectivity index (χ4n) is 4.11. The van der Waals surface area contributed by atoms with Crippen molar-refractivity contribution in [2.45, 2.75) is 51.1 Å². The molecule has 7 nitrogen and oxygen atoms in total. The first kappa shape index (κ1) is 26.9. The SMILES string of the molecule is CC(=O)N1C=C(c2ccccc2)N(CC(=O)NC(Cc2ccccc2)C(O)C(F)(F)F)C(=O)C1(C)C.